The van der Waals surface area contributed by atoms with Gasteiger partial charge in [-0.15, -0.1) is 0 Å². The number of rotatable bonds is 3. The molecule has 0 radical (unpaired) electrons. The maximum atomic E-state index is 13.8. The summed E-state index contributed by atoms with van der Waals surface area (Å²) < 4.78 is 0. The molecule has 0 aliphatic carbocycles. The fourth-order valence-electron chi connectivity index (χ4n) is 4.21. The Morgan fingerprint density at radius 3 is 1.87 bits per heavy atom. The molecular weight excluding hydrogens is 419 g/mol. The molecular formula is C24H22Cl2N2O2. The van der Waals surface area contributed by atoms with Crippen molar-refractivity contribution in [1.29, 1.82) is 0 Å². The Bertz CT molecular complexity index is 1130. The Morgan fingerprint density at radius 2 is 1.33 bits per heavy atom. The van der Waals surface area contributed by atoms with E-state index >= 15 is 0 Å². The lowest BCUT2D eigenvalue weighted by molar-refractivity contribution is -0.00251. The van der Waals surface area contributed by atoms with Crippen molar-refractivity contribution in [3.05, 3.63) is 94.0 Å². The van der Waals surface area contributed by atoms with Crippen molar-refractivity contribution in [2.45, 2.75) is 32.0 Å². The second-order valence-corrected chi connectivity index (χ2v) is 8.89. The van der Waals surface area contributed by atoms with Crippen LogP contribution in [0.1, 0.15) is 25.0 Å². The van der Waals surface area contributed by atoms with Crippen LogP contribution < -0.4 is 9.80 Å². The summed E-state index contributed by atoms with van der Waals surface area (Å²) in [6, 6.07) is 21.2. The summed E-state index contributed by atoms with van der Waals surface area (Å²) in [6.45, 7) is 5.65. The van der Waals surface area contributed by atoms with Gasteiger partial charge in [0.2, 0.25) is 0 Å². The molecule has 30 heavy (non-hydrogen) atoms. The van der Waals surface area contributed by atoms with Gasteiger partial charge in [-0.05, 0) is 57.2 Å². The molecule has 1 N–H and O–H groups in total. The van der Waals surface area contributed by atoms with E-state index in [1.54, 1.807) is 47.4 Å². The molecule has 0 bridgehead atoms. The number of hydrogen-bond donors (Lipinski definition) is 1. The number of aliphatic hydroxyl groups is 1. The van der Waals surface area contributed by atoms with E-state index in [1.807, 2.05) is 51.1 Å². The van der Waals surface area contributed by atoms with E-state index in [-0.39, 0.29) is 6.03 Å². The number of carbonyl (C=O) groups excluding carboxylic acids is 1. The van der Waals surface area contributed by atoms with E-state index in [0.717, 1.165) is 5.56 Å². The van der Waals surface area contributed by atoms with E-state index in [0.29, 0.717) is 27.0 Å². The molecule has 1 unspecified atom stereocenters. The zero-order valence-electron chi connectivity index (χ0n) is 16.9. The number of amides is 2. The first-order valence-electron chi connectivity index (χ1n) is 9.61. The Kier molecular flexibility index (Phi) is 5.05. The molecule has 1 atom stereocenters. The average molecular weight is 441 g/mol. The largest absolute Gasteiger partial charge is 0.365 e. The summed E-state index contributed by atoms with van der Waals surface area (Å²) in [7, 11) is 0. The van der Waals surface area contributed by atoms with Crippen LogP contribution in [0.3, 0.4) is 0 Å². The zero-order chi connectivity index (χ0) is 21.7. The van der Waals surface area contributed by atoms with Crippen molar-refractivity contribution >= 4 is 40.6 Å². The lowest BCUT2D eigenvalue weighted by Gasteiger charge is -2.43. The highest BCUT2D eigenvalue weighted by atomic mass is 35.5. The minimum absolute atomic E-state index is 0.367. The third kappa shape index (κ3) is 3.07. The highest BCUT2D eigenvalue weighted by Gasteiger charge is 2.64. The topological polar surface area (TPSA) is 43.8 Å². The maximum absolute atomic E-state index is 13.8. The molecule has 0 aromatic heterocycles. The molecule has 154 valence electrons. The van der Waals surface area contributed by atoms with Gasteiger partial charge in [-0.2, -0.15) is 0 Å². The molecule has 2 amide bonds. The van der Waals surface area contributed by atoms with Crippen LogP contribution in [0.2, 0.25) is 10.0 Å². The van der Waals surface area contributed by atoms with Crippen LogP contribution in [0, 0.1) is 6.92 Å². The predicted molar refractivity (Wildman–Crippen MR) is 122 cm³/mol. The lowest BCUT2D eigenvalue weighted by Crippen LogP contribution is -2.56. The number of anilines is 2. The van der Waals surface area contributed by atoms with Gasteiger partial charge in [-0.1, -0.05) is 65.2 Å². The Morgan fingerprint density at radius 1 is 0.800 bits per heavy atom. The van der Waals surface area contributed by atoms with Crippen molar-refractivity contribution in [3.8, 4) is 0 Å². The molecule has 4 rings (SSSR count). The molecule has 1 saturated heterocycles. The lowest BCUT2D eigenvalue weighted by atomic mass is 9.83. The van der Waals surface area contributed by atoms with Crippen LogP contribution in [0.5, 0.6) is 0 Å². The van der Waals surface area contributed by atoms with Crippen LogP contribution in [-0.2, 0) is 5.72 Å². The second-order valence-electron chi connectivity index (χ2n) is 8.01. The number of nitrogens with zero attached hydrogens (tertiary/aromatic N) is 2. The Hall–Kier alpha value is -2.53. The number of hydrogen-bond acceptors (Lipinski definition) is 2. The van der Waals surface area contributed by atoms with Crippen molar-refractivity contribution in [2.24, 2.45) is 0 Å². The van der Waals surface area contributed by atoms with Crippen molar-refractivity contribution in [3.63, 3.8) is 0 Å². The minimum Gasteiger partial charge on any atom is -0.365 e. The van der Waals surface area contributed by atoms with Crippen LogP contribution in [0.15, 0.2) is 72.8 Å². The first kappa shape index (κ1) is 20.7. The minimum atomic E-state index is -1.66. The highest BCUT2D eigenvalue weighted by Crippen LogP contribution is 2.51. The standard InChI is InChI=1S/C24H22Cl2N2O2/c1-16-7-4-8-17(13-16)24(30)23(2,3)27(20-11-5-9-18(25)14-20)22(29)28(24)21-12-6-10-19(26)15-21/h4-15,30H,1-3H3. The summed E-state index contributed by atoms with van der Waals surface area (Å²) >= 11 is 12.4. The maximum Gasteiger partial charge on any atom is 0.332 e. The van der Waals surface area contributed by atoms with E-state index in [1.165, 1.54) is 4.90 Å². The molecule has 4 nitrogen and oxygen atoms in total. The molecule has 1 fully saturated rings. The Balaban J connectivity index is 2.00. The van der Waals surface area contributed by atoms with Gasteiger partial charge in [0.15, 0.2) is 5.72 Å². The zero-order valence-corrected chi connectivity index (χ0v) is 18.4. The van der Waals surface area contributed by atoms with Crippen molar-refractivity contribution in [1.82, 2.24) is 0 Å². The molecule has 6 heteroatoms. The van der Waals surface area contributed by atoms with E-state index in [4.69, 9.17) is 23.2 Å². The molecule has 0 saturated carbocycles. The monoisotopic (exact) mass is 440 g/mol. The van der Waals surface area contributed by atoms with Crippen molar-refractivity contribution < 1.29 is 9.90 Å². The summed E-state index contributed by atoms with van der Waals surface area (Å²) in [4.78, 5) is 16.8. The van der Waals surface area contributed by atoms with Gasteiger partial charge in [0, 0.05) is 21.3 Å². The highest BCUT2D eigenvalue weighted by molar-refractivity contribution is 6.31. The Labute approximate surface area is 186 Å². The first-order chi connectivity index (χ1) is 14.2. The molecule has 3 aromatic carbocycles. The molecule has 1 heterocycles. The van der Waals surface area contributed by atoms with Gasteiger partial charge >= 0.3 is 6.03 Å². The van der Waals surface area contributed by atoms with Gasteiger partial charge in [0.25, 0.3) is 0 Å². The van der Waals surface area contributed by atoms with Gasteiger partial charge < -0.3 is 5.11 Å². The summed E-state index contributed by atoms with van der Waals surface area (Å²) in [5.74, 6) is 0. The third-order valence-corrected chi connectivity index (χ3v) is 6.14. The summed E-state index contributed by atoms with van der Waals surface area (Å²) in [6.07, 6.45) is 0. The molecule has 1 aliphatic rings. The van der Waals surface area contributed by atoms with Crippen LogP contribution in [-0.4, -0.2) is 16.7 Å². The molecule has 0 spiro atoms. The van der Waals surface area contributed by atoms with Gasteiger partial charge in [0.05, 0.1) is 11.2 Å². The number of carbonyl (C=O) groups is 1. The first-order valence-corrected chi connectivity index (χ1v) is 10.4. The second kappa shape index (κ2) is 7.31. The van der Waals surface area contributed by atoms with Gasteiger partial charge in [-0.25, -0.2) is 4.79 Å². The van der Waals surface area contributed by atoms with Crippen LogP contribution in [0.4, 0.5) is 16.2 Å². The van der Waals surface area contributed by atoms with Crippen LogP contribution >= 0.6 is 23.2 Å². The summed E-state index contributed by atoms with van der Waals surface area (Å²) in [5.41, 5.74) is 0.0116. The molecule has 1 aliphatic heterocycles. The van der Waals surface area contributed by atoms with Crippen molar-refractivity contribution in [2.75, 3.05) is 9.80 Å². The van der Waals surface area contributed by atoms with E-state index in [9.17, 15) is 9.90 Å². The quantitative estimate of drug-likeness (QED) is 0.513. The number of urea groups is 1. The fourth-order valence-corrected chi connectivity index (χ4v) is 4.58. The van der Waals surface area contributed by atoms with Gasteiger partial charge in [0.1, 0.15) is 0 Å². The fraction of sp³-hybridized carbons (Fsp3) is 0.208. The summed E-state index contributed by atoms with van der Waals surface area (Å²) in [5, 5.41) is 13.3. The number of halogens is 2. The smallest absolute Gasteiger partial charge is 0.332 e. The molecule has 3 aromatic rings. The van der Waals surface area contributed by atoms with Crippen LogP contribution in [0.25, 0.3) is 0 Å². The number of benzene rings is 3. The average Bonchev–Trinajstić information content (AvgIpc) is 2.84. The normalized spacial score (nSPS) is 20.7. The van der Waals surface area contributed by atoms with E-state index in [2.05, 4.69) is 0 Å². The SMILES string of the molecule is Cc1cccc(C2(O)N(c3cccc(Cl)c3)C(=O)N(c3cccc(Cl)c3)C2(C)C)c1. The predicted octanol–water partition coefficient (Wildman–Crippen LogP) is 6.37. The van der Waals surface area contributed by atoms with Gasteiger partial charge in [-0.3, -0.25) is 9.80 Å². The number of aryl methyl sites for hydroxylation is 1. The van der Waals surface area contributed by atoms with E-state index < -0.39 is 11.3 Å². The third-order valence-electron chi connectivity index (χ3n) is 5.67.